The molecule has 1 N–H and O–H groups in total. The molecule has 0 aliphatic carbocycles. The van der Waals surface area contributed by atoms with Gasteiger partial charge in [-0.3, -0.25) is 23.0 Å². The highest BCUT2D eigenvalue weighted by Crippen LogP contribution is 2.36. The Kier molecular flexibility index (Phi) is 15.6. The minimum Gasteiger partial charge on any atom is -0.497 e. The number of ether oxygens (including phenoxy) is 3. The zero-order chi connectivity index (χ0) is 49.6. The Labute approximate surface area is 398 Å². The van der Waals surface area contributed by atoms with Crippen LogP contribution in [0.4, 0.5) is 24.5 Å². The Hall–Kier alpha value is -6.88. The van der Waals surface area contributed by atoms with Crippen molar-refractivity contribution in [2.45, 2.75) is 62.6 Å². The molecule has 6 rings (SSSR count). The Bertz CT molecular complexity index is 3110. The number of thiazole rings is 2. The number of aromatic nitrogens is 2. The number of anilines is 3. The highest BCUT2D eigenvalue weighted by Gasteiger charge is 2.34. The zero-order valence-electron chi connectivity index (χ0n) is 37.2. The molecule has 0 aliphatic heterocycles. The van der Waals surface area contributed by atoms with Crippen molar-refractivity contribution >= 4 is 81.9 Å². The number of carbonyl (C=O) groups excluding carboxylic acids is 4. The van der Waals surface area contributed by atoms with Crippen LogP contribution in [0.1, 0.15) is 65.4 Å². The summed E-state index contributed by atoms with van der Waals surface area (Å²) >= 11 is 1.76. The second-order valence-corrected chi connectivity index (χ2v) is 21.0. The lowest BCUT2D eigenvalue weighted by molar-refractivity contribution is -0.115. The first kappa shape index (κ1) is 50.5. The van der Waals surface area contributed by atoms with Crippen LogP contribution in [0, 0.1) is 11.6 Å². The fourth-order valence-electron chi connectivity index (χ4n) is 6.30. The predicted octanol–water partition coefficient (Wildman–Crippen LogP) is 8.15. The first-order valence-electron chi connectivity index (χ1n) is 20.1. The van der Waals surface area contributed by atoms with Gasteiger partial charge in [0.05, 0.1) is 53.8 Å². The number of hydrogen-bond donors (Lipinski definition) is 1. The smallest absolute Gasteiger partial charge is 0.360 e. The molecule has 0 spiro atoms. The Morgan fingerprint density at radius 2 is 1.18 bits per heavy atom. The third-order valence-corrected chi connectivity index (χ3v) is 15.0. The lowest BCUT2D eigenvalue weighted by atomic mass is 10.1. The largest absolute Gasteiger partial charge is 0.497 e. The van der Waals surface area contributed by atoms with Gasteiger partial charge in [-0.1, -0.05) is 30.3 Å². The van der Waals surface area contributed by atoms with Crippen LogP contribution in [-0.4, -0.2) is 70.1 Å². The molecule has 0 fully saturated rings. The van der Waals surface area contributed by atoms with Crippen LogP contribution in [0.2, 0.25) is 0 Å². The number of Topliss-reactive ketones (excluding diaryl/α,β-unsaturated/α-hetero) is 1. The number of sulfonamides is 2. The number of nitrogens with zero attached hydrogens (tertiary/aromatic N) is 4. The van der Waals surface area contributed by atoms with E-state index >= 15 is 8.78 Å². The number of amides is 1. The van der Waals surface area contributed by atoms with E-state index in [1.165, 1.54) is 32.2 Å². The summed E-state index contributed by atoms with van der Waals surface area (Å²) in [6.45, 7) is 5.60. The average molecular weight is 1010 g/mol. The van der Waals surface area contributed by atoms with Crippen LogP contribution in [-0.2, 0) is 53.9 Å². The number of halogens is 2. The zero-order valence-corrected chi connectivity index (χ0v) is 40.4. The fourth-order valence-corrected chi connectivity index (χ4v) is 11.3. The molecule has 68 heavy (non-hydrogen) atoms. The number of carbonyl (C=O) groups is 4. The number of nitrogens with one attached hydrogen (secondary N) is 1. The van der Waals surface area contributed by atoms with Gasteiger partial charge in [0.2, 0.25) is 5.91 Å². The van der Waals surface area contributed by atoms with Crippen LogP contribution in [0.15, 0.2) is 118 Å². The maximum absolute atomic E-state index is 15.7. The van der Waals surface area contributed by atoms with Crippen molar-refractivity contribution in [1.29, 1.82) is 0 Å². The molecule has 0 saturated carbocycles. The molecular formula is C46H43F2N5O11S4. The maximum Gasteiger partial charge on any atom is 0.360 e. The standard InChI is InChI=1S/C46H43F2N5O11S4/c1-28(54)41-43(65-26-49-41)52(24-29-7-13-33(62-5)14-8-29)68(60,61)36-18-19-39(38(48)23-36)51-40(56)20-12-32(55)21-31-11-17-35(22-37(31)47)67(58,59)53(25-30-9-15-34(63-6)16-10-30)44-42(50-27-66-44)45(57)64-46(2,3)4/h7-20,22-23,26-27H,21,24-25H2,1-6H3,(H,51,56)/b20-12+. The van der Waals surface area contributed by atoms with Crippen molar-refractivity contribution in [3.63, 3.8) is 0 Å². The van der Waals surface area contributed by atoms with E-state index in [0.717, 1.165) is 73.8 Å². The van der Waals surface area contributed by atoms with Gasteiger partial charge in [-0.2, -0.15) is 0 Å². The van der Waals surface area contributed by atoms with Crippen LogP contribution in [0.25, 0.3) is 0 Å². The Morgan fingerprint density at radius 3 is 1.65 bits per heavy atom. The minimum absolute atomic E-state index is 0.0105. The van der Waals surface area contributed by atoms with Gasteiger partial charge in [-0.15, -0.1) is 22.7 Å². The van der Waals surface area contributed by atoms with Gasteiger partial charge in [0.25, 0.3) is 20.0 Å². The molecule has 2 heterocycles. The molecule has 0 bridgehead atoms. The van der Waals surface area contributed by atoms with E-state index in [9.17, 15) is 36.0 Å². The van der Waals surface area contributed by atoms with Gasteiger partial charge in [0.1, 0.15) is 44.4 Å². The monoisotopic (exact) mass is 1010 g/mol. The molecule has 16 nitrogen and oxygen atoms in total. The number of ketones is 2. The average Bonchev–Trinajstić information content (AvgIpc) is 3.99. The molecule has 0 radical (unpaired) electrons. The summed E-state index contributed by atoms with van der Waals surface area (Å²) in [5.41, 5.74) is 1.66. The first-order valence-corrected chi connectivity index (χ1v) is 24.8. The van der Waals surface area contributed by atoms with E-state index in [4.69, 9.17) is 14.2 Å². The van der Waals surface area contributed by atoms with Crippen molar-refractivity contribution in [3.8, 4) is 11.5 Å². The van der Waals surface area contributed by atoms with Crippen molar-refractivity contribution in [2.24, 2.45) is 0 Å². The number of benzene rings is 4. The second kappa shape index (κ2) is 21.0. The van der Waals surface area contributed by atoms with Gasteiger partial charge in [-0.25, -0.2) is 40.4 Å². The van der Waals surface area contributed by atoms with E-state index in [2.05, 4.69) is 15.3 Å². The van der Waals surface area contributed by atoms with Crippen LogP contribution in [0.3, 0.4) is 0 Å². The summed E-state index contributed by atoms with van der Waals surface area (Å²) in [5, 5.41) is 2.16. The number of hydrogen-bond acceptors (Lipinski definition) is 15. The highest BCUT2D eigenvalue weighted by molar-refractivity contribution is 7.93. The van der Waals surface area contributed by atoms with Crippen LogP contribution < -0.4 is 23.4 Å². The second-order valence-electron chi connectivity index (χ2n) is 15.7. The lowest BCUT2D eigenvalue weighted by Crippen LogP contribution is -2.32. The molecule has 4 aromatic carbocycles. The summed E-state index contributed by atoms with van der Waals surface area (Å²) in [7, 11) is -6.22. The normalized spacial score (nSPS) is 11.8. The predicted molar refractivity (Wildman–Crippen MR) is 251 cm³/mol. The molecule has 356 valence electrons. The SMILES string of the molecule is COc1ccc(CN(c2scnc2C(C)=O)S(=O)(=O)c2ccc(NC(=O)/C=C/C(=O)Cc3ccc(S(=O)(=O)N(Cc4ccc(OC)cc4)c4scnc4C(=O)OC(C)(C)C)cc3F)c(F)c2)cc1. The first-order chi connectivity index (χ1) is 32.1. The van der Waals surface area contributed by atoms with Crippen molar-refractivity contribution in [3.05, 3.63) is 148 Å². The summed E-state index contributed by atoms with van der Waals surface area (Å²) in [6, 6.07) is 18.7. The van der Waals surface area contributed by atoms with Crippen LogP contribution in [0.5, 0.6) is 11.5 Å². The maximum atomic E-state index is 15.7. The third kappa shape index (κ3) is 12.0. The fraction of sp³-hybridized carbons (Fsp3) is 0.217. The van der Waals surface area contributed by atoms with E-state index in [1.807, 2.05) is 0 Å². The summed E-state index contributed by atoms with van der Waals surface area (Å²) in [6.07, 6.45) is 0.969. The molecule has 0 aliphatic rings. The van der Waals surface area contributed by atoms with E-state index in [1.54, 1.807) is 69.3 Å². The van der Waals surface area contributed by atoms with Crippen molar-refractivity contribution in [2.75, 3.05) is 28.1 Å². The van der Waals surface area contributed by atoms with E-state index < -0.39 is 82.6 Å². The Balaban J connectivity index is 1.16. The highest BCUT2D eigenvalue weighted by atomic mass is 32.2. The van der Waals surface area contributed by atoms with Gasteiger partial charge in [0.15, 0.2) is 17.3 Å². The van der Waals surface area contributed by atoms with Gasteiger partial charge >= 0.3 is 5.97 Å². The number of rotatable bonds is 19. The number of esters is 1. The lowest BCUT2D eigenvalue weighted by Gasteiger charge is -2.25. The molecule has 0 atom stereocenters. The number of allylic oxidation sites excluding steroid dienone is 1. The Morgan fingerprint density at radius 1 is 0.691 bits per heavy atom. The van der Waals surface area contributed by atoms with Crippen molar-refractivity contribution < 1.29 is 59.0 Å². The minimum atomic E-state index is -4.62. The van der Waals surface area contributed by atoms with Gasteiger partial charge in [0, 0.05) is 19.4 Å². The quantitative estimate of drug-likeness (QED) is 0.0462. The molecule has 6 aromatic rings. The van der Waals surface area contributed by atoms with Crippen LogP contribution >= 0.6 is 22.7 Å². The molecular weight excluding hydrogens is 965 g/mol. The topological polar surface area (TPSA) is 209 Å². The molecule has 0 unspecified atom stereocenters. The number of methoxy groups -OCH3 is 2. The summed E-state index contributed by atoms with van der Waals surface area (Å²) < 4.78 is 106. The summed E-state index contributed by atoms with van der Waals surface area (Å²) in [5.74, 6) is -4.31. The molecule has 2 aromatic heterocycles. The van der Waals surface area contributed by atoms with Gasteiger partial charge in [-0.05, 0) is 98.1 Å². The van der Waals surface area contributed by atoms with E-state index in [-0.39, 0.29) is 40.0 Å². The van der Waals surface area contributed by atoms with Crippen molar-refractivity contribution in [1.82, 2.24) is 9.97 Å². The van der Waals surface area contributed by atoms with Gasteiger partial charge < -0.3 is 19.5 Å². The molecule has 0 saturated heterocycles. The molecule has 1 amide bonds. The van der Waals surface area contributed by atoms with E-state index in [0.29, 0.717) is 28.7 Å². The third-order valence-electron chi connectivity index (χ3n) is 9.63. The summed E-state index contributed by atoms with van der Waals surface area (Å²) in [4.78, 5) is 58.4. The molecule has 22 heteroatoms.